The van der Waals surface area contributed by atoms with Crippen LogP contribution in [-0.4, -0.2) is 55.5 Å². The molecule has 2 aromatic carbocycles. The van der Waals surface area contributed by atoms with Crippen LogP contribution in [0.5, 0.6) is 5.75 Å². The predicted octanol–water partition coefficient (Wildman–Crippen LogP) is 3.21. The van der Waals surface area contributed by atoms with E-state index in [0.29, 0.717) is 18.8 Å². The number of amides is 1. The highest BCUT2D eigenvalue weighted by Crippen LogP contribution is 2.21. The zero-order chi connectivity index (χ0) is 20.1. The highest BCUT2D eigenvalue weighted by Gasteiger charge is 2.20. The number of hydrogen-bond acceptors (Lipinski definition) is 4. The Bertz CT molecular complexity index is 812. The monoisotopic (exact) mass is 385 g/mol. The maximum Gasteiger partial charge on any atom is 0.238 e. The molecule has 0 spiro atoms. The van der Waals surface area contributed by atoms with Crippen molar-refractivity contribution in [1.82, 2.24) is 9.80 Å². The molecular weight excluding hydrogens is 357 g/mol. The summed E-state index contributed by atoms with van der Waals surface area (Å²) in [5, 5.41) is 2.99. The van der Waals surface area contributed by atoms with E-state index >= 15 is 0 Å². The van der Waals surface area contributed by atoms with Gasteiger partial charge in [0.1, 0.15) is 11.6 Å². The lowest BCUT2D eigenvalue weighted by atomic mass is 10.1. The Balaban J connectivity index is 1.49. The normalized spacial score (nSPS) is 15.4. The molecule has 0 aromatic heterocycles. The molecule has 0 saturated carbocycles. The molecule has 1 saturated heterocycles. The van der Waals surface area contributed by atoms with Gasteiger partial charge in [0.25, 0.3) is 0 Å². The minimum Gasteiger partial charge on any atom is -0.496 e. The van der Waals surface area contributed by atoms with Gasteiger partial charge in [-0.05, 0) is 55.3 Å². The average Bonchev–Trinajstić information content (AvgIpc) is 2.62. The third-order valence-corrected chi connectivity index (χ3v) is 4.97. The van der Waals surface area contributed by atoms with Gasteiger partial charge >= 0.3 is 0 Å². The lowest BCUT2D eigenvalue weighted by Crippen LogP contribution is -2.48. The van der Waals surface area contributed by atoms with E-state index in [9.17, 15) is 9.18 Å². The van der Waals surface area contributed by atoms with Crippen LogP contribution < -0.4 is 10.1 Å². The fraction of sp³-hybridized carbons (Fsp3) is 0.409. The topological polar surface area (TPSA) is 44.8 Å². The molecule has 5 nitrogen and oxygen atoms in total. The summed E-state index contributed by atoms with van der Waals surface area (Å²) < 4.78 is 18.9. The smallest absolute Gasteiger partial charge is 0.238 e. The summed E-state index contributed by atoms with van der Waals surface area (Å²) >= 11 is 0. The van der Waals surface area contributed by atoms with Crippen molar-refractivity contribution in [2.75, 3.05) is 45.2 Å². The number of methoxy groups -OCH3 is 1. The largest absolute Gasteiger partial charge is 0.496 e. The predicted molar refractivity (Wildman–Crippen MR) is 109 cm³/mol. The van der Waals surface area contributed by atoms with Crippen molar-refractivity contribution in [2.45, 2.75) is 20.4 Å². The number of benzene rings is 2. The number of rotatable bonds is 6. The van der Waals surface area contributed by atoms with Crippen LogP contribution in [0.25, 0.3) is 0 Å². The fourth-order valence-electron chi connectivity index (χ4n) is 3.67. The summed E-state index contributed by atoms with van der Waals surface area (Å²) in [6, 6.07) is 10.7. The van der Waals surface area contributed by atoms with Crippen molar-refractivity contribution in [3.63, 3.8) is 0 Å². The zero-order valence-corrected chi connectivity index (χ0v) is 16.8. The highest BCUT2D eigenvalue weighted by molar-refractivity contribution is 5.92. The van der Waals surface area contributed by atoms with Gasteiger partial charge in [-0.2, -0.15) is 0 Å². The highest BCUT2D eigenvalue weighted by atomic mass is 19.1. The first kappa shape index (κ1) is 20.3. The van der Waals surface area contributed by atoms with Gasteiger partial charge in [-0.15, -0.1) is 0 Å². The number of ether oxygens (including phenoxy) is 1. The molecule has 0 aliphatic carbocycles. The van der Waals surface area contributed by atoms with E-state index in [1.807, 2.05) is 26.0 Å². The van der Waals surface area contributed by atoms with E-state index in [4.69, 9.17) is 4.74 Å². The van der Waals surface area contributed by atoms with Crippen LogP contribution >= 0.6 is 0 Å². The summed E-state index contributed by atoms with van der Waals surface area (Å²) in [5.41, 5.74) is 3.97. The molecule has 0 radical (unpaired) electrons. The van der Waals surface area contributed by atoms with E-state index in [1.54, 1.807) is 13.2 Å². The number of anilines is 1. The Morgan fingerprint density at radius 1 is 1.04 bits per heavy atom. The van der Waals surface area contributed by atoms with Crippen LogP contribution in [0, 0.1) is 19.7 Å². The average molecular weight is 385 g/mol. The maximum atomic E-state index is 13.5. The number of aryl methyl sites for hydroxylation is 2. The SMILES string of the molecule is COc1ccc(F)cc1CN1CCN(CC(=O)Nc2cc(C)cc(C)c2)CC1. The van der Waals surface area contributed by atoms with Crippen LogP contribution in [0.3, 0.4) is 0 Å². The van der Waals surface area contributed by atoms with Crippen LogP contribution in [0.2, 0.25) is 0 Å². The third-order valence-electron chi connectivity index (χ3n) is 4.97. The Hall–Kier alpha value is -2.44. The van der Waals surface area contributed by atoms with E-state index in [0.717, 1.165) is 48.6 Å². The van der Waals surface area contributed by atoms with Gasteiger partial charge < -0.3 is 10.1 Å². The Labute approximate surface area is 166 Å². The lowest BCUT2D eigenvalue weighted by molar-refractivity contribution is -0.117. The minimum atomic E-state index is -0.252. The molecule has 1 aliphatic rings. The van der Waals surface area contributed by atoms with Crippen molar-refractivity contribution in [2.24, 2.45) is 0 Å². The molecule has 3 rings (SSSR count). The van der Waals surface area contributed by atoms with Crippen LogP contribution in [0.15, 0.2) is 36.4 Å². The van der Waals surface area contributed by atoms with Gasteiger partial charge in [0, 0.05) is 44.0 Å². The Morgan fingerprint density at radius 2 is 1.68 bits per heavy atom. The van der Waals surface area contributed by atoms with Crippen LogP contribution in [-0.2, 0) is 11.3 Å². The van der Waals surface area contributed by atoms with Crippen molar-refractivity contribution < 1.29 is 13.9 Å². The molecule has 6 heteroatoms. The molecule has 1 heterocycles. The zero-order valence-electron chi connectivity index (χ0n) is 16.8. The van der Waals surface area contributed by atoms with Crippen molar-refractivity contribution in [3.05, 3.63) is 58.9 Å². The third kappa shape index (κ3) is 5.53. The quantitative estimate of drug-likeness (QED) is 0.829. The minimum absolute atomic E-state index is 0.00486. The maximum absolute atomic E-state index is 13.5. The summed E-state index contributed by atoms with van der Waals surface area (Å²) in [6.07, 6.45) is 0. The Morgan fingerprint density at radius 3 is 2.32 bits per heavy atom. The fourth-order valence-corrected chi connectivity index (χ4v) is 3.67. The summed E-state index contributed by atoms with van der Waals surface area (Å²) in [5.74, 6) is 0.458. The second kappa shape index (κ2) is 9.17. The molecule has 1 aliphatic heterocycles. The van der Waals surface area contributed by atoms with Crippen molar-refractivity contribution >= 4 is 11.6 Å². The number of carbonyl (C=O) groups is 1. The first-order chi connectivity index (χ1) is 13.4. The number of piperazine rings is 1. The second-order valence-corrected chi connectivity index (χ2v) is 7.43. The van der Waals surface area contributed by atoms with E-state index in [1.165, 1.54) is 12.1 Å². The first-order valence-electron chi connectivity index (χ1n) is 9.58. The van der Waals surface area contributed by atoms with Crippen molar-refractivity contribution in [3.8, 4) is 5.75 Å². The number of hydrogen-bond donors (Lipinski definition) is 1. The molecule has 1 amide bonds. The molecule has 1 N–H and O–H groups in total. The molecule has 1 fully saturated rings. The summed E-state index contributed by atoms with van der Waals surface area (Å²) in [7, 11) is 1.60. The summed E-state index contributed by atoms with van der Waals surface area (Å²) in [6.45, 7) is 8.33. The second-order valence-electron chi connectivity index (χ2n) is 7.43. The first-order valence-corrected chi connectivity index (χ1v) is 9.58. The van der Waals surface area contributed by atoms with Crippen LogP contribution in [0.4, 0.5) is 10.1 Å². The standard InChI is InChI=1S/C22H28FN3O2/c1-16-10-17(2)12-20(11-16)24-22(27)15-26-8-6-25(7-9-26)14-18-13-19(23)4-5-21(18)28-3/h4-5,10-13H,6-9,14-15H2,1-3H3,(H,24,27). The van der Waals surface area contributed by atoms with Crippen LogP contribution in [0.1, 0.15) is 16.7 Å². The Kier molecular flexibility index (Phi) is 6.65. The number of halogens is 1. The molecule has 28 heavy (non-hydrogen) atoms. The molecule has 0 bridgehead atoms. The molecule has 0 unspecified atom stereocenters. The van der Waals surface area contributed by atoms with Gasteiger partial charge in [0.05, 0.1) is 13.7 Å². The van der Waals surface area contributed by atoms with E-state index in [2.05, 4.69) is 21.2 Å². The lowest BCUT2D eigenvalue weighted by Gasteiger charge is -2.34. The van der Waals surface area contributed by atoms with E-state index < -0.39 is 0 Å². The summed E-state index contributed by atoms with van der Waals surface area (Å²) in [4.78, 5) is 16.8. The van der Waals surface area contributed by atoms with Gasteiger partial charge in [-0.1, -0.05) is 6.07 Å². The number of nitrogens with zero attached hydrogens (tertiary/aromatic N) is 2. The van der Waals surface area contributed by atoms with Gasteiger partial charge in [-0.25, -0.2) is 4.39 Å². The van der Waals surface area contributed by atoms with Crippen molar-refractivity contribution in [1.29, 1.82) is 0 Å². The van der Waals surface area contributed by atoms with Gasteiger partial charge in [0.15, 0.2) is 0 Å². The molecule has 150 valence electrons. The van der Waals surface area contributed by atoms with Gasteiger partial charge in [0.2, 0.25) is 5.91 Å². The van der Waals surface area contributed by atoms with Gasteiger partial charge in [-0.3, -0.25) is 14.6 Å². The van der Waals surface area contributed by atoms with E-state index in [-0.39, 0.29) is 11.7 Å². The number of carbonyl (C=O) groups excluding carboxylic acids is 1. The molecule has 2 aromatic rings. The number of nitrogens with one attached hydrogen (secondary N) is 1. The molecule has 0 atom stereocenters. The molecular formula is C22H28FN3O2.